The van der Waals surface area contributed by atoms with Gasteiger partial charge in [-0.05, 0) is 32.9 Å². The molecule has 1 aromatic carbocycles. The number of nitro groups is 1. The van der Waals surface area contributed by atoms with E-state index in [4.69, 9.17) is 10.1 Å². The summed E-state index contributed by atoms with van der Waals surface area (Å²) in [4.78, 5) is 22.0. The molecular formula is C13H19N5O4. The minimum Gasteiger partial charge on any atom is -0.496 e. The molecule has 120 valence electrons. The first-order valence-electron chi connectivity index (χ1n) is 6.39. The van der Waals surface area contributed by atoms with E-state index in [2.05, 4.69) is 16.0 Å². The number of methoxy groups -OCH3 is 1. The number of urea groups is 1. The van der Waals surface area contributed by atoms with Crippen LogP contribution in [0, 0.1) is 15.5 Å². The Balaban J connectivity index is 2.80. The van der Waals surface area contributed by atoms with Gasteiger partial charge in [0.05, 0.1) is 18.1 Å². The monoisotopic (exact) mass is 309 g/mol. The predicted octanol–water partition coefficient (Wildman–Crippen LogP) is 2.05. The normalized spacial score (nSPS) is 10.5. The van der Waals surface area contributed by atoms with E-state index in [0.717, 1.165) is 0 Å². The van der Waals surface area contributed by atoms with Crippen molar-refractivity contribution >= 4 is 23.4 Å². The summed E-state index contributed by atoms with van der Waals surface area (Å²) < 4.78 is 4.92. The van der Waals surface area contributed by atoms with Crippen molar-refractivity contribution in [2.24, 2.45) is 0 Å². The molecule has 4 N–H and O–H groups in total. The summed E-state index contributed by atoms with van der Waals surface area (Å²) in [6.45, 7) is 5.37. The van der Waals surface area contributed by atoms with E-state index >= 15 is 0 Å². The highest BCUT2D eigenvalue weighted by molar-refractivity contribution is 6.03. The Hall–Kier alpha value is -2.84. The molecular weight excluding hydrogens is 290 g/mol. The summed E-state index contributed by atoms with van der Waals surface area (Å²) >= 11 is 0. The molecule has 0 aromatic heterocycles. The highest BCUT2D eigenvalue weighted by atomic mass is 16.6. The van der Waals surface area contributed by atoms with Gasteiger partial charge in [0.1, 0.15) is 11.4 Å². The average Bonchev–Trinajstić information content (AvgIpc) is 2.36. The van der Waals surface area contributed by atoms with Crippen LogP contribution in [0.25, 0.3) is 0 Å². The summed E-state index contributed by atoms with van der Waals surface area (Å²) in [5, 5.41) is 26.0. The Morgan fingerprint density at radius 2 is 2.00 bits per heavy atom. The zero-order chi connectivity index (χ0) is 16.9. The molecule has 1 aromatic rings. The second kappa shape index (κ2) is 6.74. The number of anilines is 1. The van der Waals surface area contributed by atoms with Gasteiger partial charge in [-0.1, -0.05) is 0 Å². The molecule has 2 amide bonds. The molecule has 0 heterocycles. The lowest BCUT2D eigenvalue weighted by Gasteiger charge is -2.21. The molecule has 0 saturated carbocycles. The van der Waals surface area contributed by atoms with Crippen molar-refractivity contribution < 1.29 is 14.5 Å². The zero-order valence-electron chi connectivity index (χ0n) is 12.8. The van der Waals surface area contributed by atoms with Crippen LogP contribution in [0.15, 0.2) is 18.2 Å². The van der Waals surface area contributed by atoms with E-state index in [1.807, 2.05) is 0 Å². The molecule has 0 atom stereocenters. The van der Waals surface area contributed by atoms with Crippen LogP contribution < -0.4 is 20.7 Å². The van der Waals surface area contributed by atoms with Gasteiger partial charge < -0.3 is 15.4 Å². The van der Waals surface area contributed by atoms with Gasteiger partial charge in [0.25, 0.3) is 5.69 Å². The number of carbonyl (C=O) groups excluding carboxylic acids is 1. The van der Waals surface area contributed by atoms with Gasteiger partial charge in [-0.3, -0.25) is 20.8 Å². The second-order valence-electron chi connectivity index (χ2n) is 5.47. The Morgan fingerprint density at radius 1 is 1.36 bits per heavy atom. The summed E-state index contributed by atoms with van der Waals surface area (Å²) in [5.74, 6) is -0.0581. The highest BCUT2D eigenvalue weighted by Gasteiger charge is 2.18. The smallest absolute Gasteiger partial charge is 0.321 e. The SMILES string of the molecule is COc1ccc(NC(=N)NC(=O)NC(C)(C)C)c([N+](=O)[O-])c1. The fraction of sp³-hybridized carbons (Fsp3) is 0.385. The van der Waals surface area contributed by atoms with E-state index in [1.54, 1.807) is 20.8 Å². The third-order valence-corrected chi connectivity index (χ3v) is 2.39. The molecule has 0 radical (unpaired) electrons. The third kappa shape index (κ3) is 5.27. The van der Waals surface area contributed by atoms with Gasteiger partial charge in [0.2, 0.25) is 5.96 Å². The number of nitrogens with one attached hydrogen (secondary N) is 4. The van der Waals surface area contributed by atoms with Gasteiger partial charge >= 0.3 is 6.03 Å². The number of ether oxygens (including phenoxy) is 1. The van der Waals surface area contributed by atoms with Crippen LogP contribution in [-0.4, -0.2) is 29.6 Å². The van der Waals surface area contributed by atoms with Crippen LogP contribution in [0.1, 0.15) is 20.8 Å². The number of hydrogen-bond acceptors (Lipinski definition) is 5. The molecule has 0 saturated heterocycles. The Labute approximate surface area is 127 Å². The molecule has 0 aliphatic heterocycles. The number of rotatable bonds is 3. The minimum absolute atomic E-state index is 0.0758. The average molecular weight is 309 g/mol. The fourth-order valence-corrected chi connectivity index (χ4v) is 1.55. The van der Waals surface area contributed by atoms with Gasteiger partial charge in [0.15, 0.2) is 0 Å². The molecule has 0 aliphatic carbocycles. The minimum atomic E-state index is -0.604. The third-order valence-electron chi connectivity index (χ3n) is 2.39. The molecule has 1 rings (SSSR count). The summed E-state index contributed by atoms with van der Waals surface area (Å²) in [6.07, 6.45) is 0. The fourth-order valence-electron chi connectivity index (χ4n) is 1.55. The number of nitrogens with zero attached hydrogens (tertiary/aromatic N) is 1. The molecule has 0 aliphatic rings. The number of guanidine groups is 1. The quantitative estimate of drug-likeness (QED) is 0.294. The Kier molecular flexibility index (Phi) is 5.28. The van der Waals surface area contributed by atoms with Crippen molar-refractivity contribution in [2.75, 3.05) is 12.4 Å². The van der Waals surface area contributed by atoms with E-state index in [-0.39, 0.29) is 17.3 Å². The topological polar surface area (TPSA) is 129 Å². The van der Waals surface area contributed by atoms with Crippen LogP contribution in [0.5, 0.6) is 5.75 Å². The van der Waals surface area contributed by atoms with E-state index in [0.29, 0.717) is 5.75 Å². The van der Waals surface area contributed by atoms with Crippen LogP contribution in [0.4, 0.5) is 16.2 Å². The first-order chi connectivity index (χ1) is 10.1. The Bertz CT molecular complexity index is 595. The van der Waals surface area contributed by atoms with Crippen molar-refractivity contribution in [1.29, 1.82) is 5.41 Å². The highest BCUT2D eigenvalue weighted by Crippen LogP contribution is 2.28. The first-order valence-corrected chi connectivity index (χ1v) is 6.39. The maximum absolute atomic E-state index is 11.6. The van der Waals surface area contributed by atoms with Crippen molar-refractivity contribution in [1.82, 2.24) is 10.6 Å². The van der Waals surface area contributed by atoms with Gasteiger partial charge in [-0.25, -0.2) is 4.79 Å². The van der Waals surface area contributed by atoms with Crippen molar-refractivity contribution in [3.05, 3.63) is 28.3 Å². The molecule has 22 heavy (non-hydrogen) atoms. The Morgan fingerprint density at radius 3 is 2.50 bits per heavy atom. The van der Waals surface area contributed by atoms with E-state index in [9.17, 15) is 14.9 Å². The molecule has 9 nitrogen and oxygen atoms in total. The molecule has 0 bridgehead atoms. The predicted molar refractivity (Wildman–Crippen MR) is 82.4 cm³/mol. The first kappa shape index (κ1) is 17.2. The van der Waals surface area contributed by atoms with Crippen LogP contribution in [0.3, 0.4) is 0 Å². The summed E-state index contributed by atoms with van der Waals surface area (Å²) in [6, 6.07) is 3.55. The van der Waals surface area contributed by atoms with Crippen molar-refractivity contribution in [3.8, 4) is 5.75 Å². The standard InChI is InChI=1S/C13H19N5O4/c1-13(2,3)17-12(19)16-11(14)15-9-6-5-8(22-4)7-10(9)18(20)21/h5-7H,1-4H3,(H4,14,15,16,17,19). The maximum Gasteiger partial charge on any atom is 0.321 e. The van der Waals surface area contributed by atoms with Gasteiger partial charge in [-0.15, -0.1) is 0 Å². The van der Waals surface area contributed by atoms with E-state index in [1.165, 1.54) is 25.3 Å². The van der Waals surface area contributed by atoms with Gasteiger partial charge in [0, 0.05) is 5.54 Å². The van der Waals surface area contributed by atoms with Gasteiger partial charge in [-0.2, -0.15) is 0 Å². The zero-order valence-corrected chi connectivity index (χ0v) is 12.8. The van der Waals surface area contributed by atoms with Crippen LogP contribution in [-0.2, 0) is 0 Å². The van der Waals surface area contributed by atoms with Crippen molar-refractivity contribution in [2.45, 2.75) is 26.3 Å². The number of benzene rings is 1. The molecule has 0 unspecified atom stereocenters. The lowest BCUT2D eigenvalue weighted by molar-refractivity contribution is -0.384. The second-order valence-corrected chi connectivity index (χ2v) is 5.47. The van der Waals surface area contributed by atoms with E-state index < -0.39 is 16.5 Å². The molecule has 0 fully saturated rings. The number of nitro benzene ring substituents is 1. The van der Waals surface area contributed by atoms with Crippen molar-refractivity contribution in [3.63, 3.8) is 0 Å². The molecule has 0 spiro atoms. The van der Waals surface area contributed by atoms with Crippen LogP contribution >= 0.6 is 0 Å². The summed E-state index contributed by atoms with van der Waals surface area (Å²) in [5.41, 5.74) is -0.648. The number of hydrogen-bond donors (Lipinski definition) is 4. The lowest BCUT2D eigenvalue weighted by Crippen LogP contribution is -2.49. The van der Waals surface area contributed by atoms with Crippen LogP contribution in [0.2, 0.25) is 0 Å². The summed E-state index contributed by atoms with van der Waals surface area (Å²) in [7, 11) is 1.40. The maximum atomic E-state index is 11.6. The number of amides is 2. The molecule has 9 heteroatoms. The number of carbonyl (C=O) groups is 1. The largest absolute Gasteiger partial charge is 0.496 e. The lowest BCUT2D eigenvalue weighted by atomic mass is 10.1.